The maximum atomic E-state index is 11.9. The van der Waals surface area contributed by atoms with Crippen molar-refractivity contribution in [2.45, 2.75) is 0 Å². The Kier molecular flexibility index (Phi) is 7.14. The molecule has 118 valence electrons. The lowest BCUT2D eigenvalue weighted by atomic mass is 10.1. The van der Waals surface area contributed by atoms with E-state index in [0.717, 1.165) is 0 Å². The van der Waals surface area contributed by atoms with E-state index < -0.39 is 36.8 Å². The third-order valence-electron chi connectivity index (χ3n) is 2.37. The van der Waals surface area contributed by atoms with E-state index in [2.05, 4.69) is 19.2 Å². The lowest BCUT2D eigenvalue weighted by Gasteiger charge is -2.09. The van der Waals surface area contributed by atoms with Crippen molar-refractivity contribution in [1.82, 2.24) is 10.6 Å². The number of hydrogen-bond donors (Lipinski definition) is 2. The Hall–Kier alpha value is -2.32. The summed E-state index contributed by atoms with van der Waals surface area (Å²) < 4.78 is 7.73. The normalized spacial score (nSPS) is 9.55. The van der Waals surface area contributed by atoms with E-state index in [4.69, 9.17) is 23.7 Å². The molecule has 0 heterocycles. The number of nitrogens with one attached hydrogen (secondary N) is 2. The topological polar surface area (TPSA) is 111 Å². The fourth-order valence-electron chi connectivity index (χ4n) is 1.43. The first-order chi connectivity index (χ1) is 10.5. The largest absolute Gasteiger partial charge is 0.346 e. The summed E-state index contributed by atoms with van der Waals surface area (Å²) >= 11 is 9.66. The Morgan fingerprint density at radius 1 is 0.818 bits per heavy atom. The van der Waals surface area contributed by atoms with Gasteiger partial charge < -0.3 is 19.2 Å². The summed E-state index contributed by atoms with van der Waals surface area (Å²) in [6, 6.07) is 5.80. The van der Waals surface area contributed by atoms with Gasteiger partial charge in [0, 0.05) is 0 Å². The van der Waals surface area contributed by atoms with E-state index in [-0.39, 0.29) is 11.1 Å². The quantitative estimate of drug-likeness (QED) is 0.776. The van der Waals surface area contributed by atoms with Crippen molar-refractivity contribution < 1.29 is 27.8 Å². The van der Waals surface area contributed by atoms with E-state index in [1.807, 2.05) is 0 Å². The smallest absolute Gasteiger partial charge is 0.343 e. The maximum absolute atomic E-state index is 11.9. The molecule has 0 spiro atoms. The summed E-state index contributed by atoms with van der Waals surface area (Å²) in [7, 11) is 0. The molecule has 2 N–H and O–H groups in total. The molecule has 8 nitrogen and oxygen atoms in total. The number of amides is 2. The van der Waals surface area contributed by atoms with Gasteiger partial charge in [0.25, 0.3) is 11.8 Å². The van der Waals surface area contributed by atoms with Gasteiger partial charge in [-0.25, -0.2) is 9.59 Å². The molecule has 0 bridgehead atoms. The van der Waals surface area contributed by atoms with Crippen molar-refractivity contribution in [3.8, 4) is 0 Å². The van der Waals surface area contributed by atoms with Gasteiger partial charge in [-0.3, -0.25) is 9.59 Å². The number of carbonyl (C=O) groups excluding carboxylic acids is 4. The highest BCUT2D eigenvalue weighted by Gasteiger charge is 2.18. The van der Waals surface area contributed by atoms with Gasteiger partial charge in [0.1, 0.15) is 36.8 Å². The Morgan fingerprint density at radius 2 is 1.18 bits per heavy atom. The summed E-state index contributed by atoms with van der Waals surface area (Å²) in [6.07, 6.45) is 0. The third-order valence-corrected chi connectivity index (χ3v) is 2.72. The summed E-state index contributed by atoms with van der Waals surface area (Å²) in [5.41, 5.74) is 0.00299. The van der Waals surface area contributed by atoms with E-state index in [1.54, 1.807) is 0 Å². The molecule has 0 saturated heterocycles. The Morgan fingerprint density at radius 3 is 1.50 bits per heavy atom. The van der Waals surface area contributed by atoms with Crippen molar-refractivity contribution >= 4 is 47.5 Å². The van der Waals surface area contributed by atoms with Crippen LogP contribution in [0.5, 0.6) is 0 Å². The lowest BCUT2D eigenvalue weighted by Crippen LogP contribution is -2.34. The van der Waals surface area contributed by atoms with Gasteiger partial charge in [-0.05, 0) is 12.1 Å². The van der Waals surface area contributed by atoms with E-state index >= 15 is 0 Å². The molecule has 1 aromatic rings. The standard InChI is InChI=1S/C12H10Cl2N2O6/c13-21-9(17)5-15-11(19)7-3-1-2-4-8(7)12(20)16-6-10(18)22-14/h1-4H,5-6H2,(H,15,19)(H,16,20). The summed E-state index contributed by atoms with van der Waals surface area (Å²) in [5.74, 6) is -3.09. The molecule has 0 aliphatic heterocycles. The monoisotopic (exact) mass is 348 g/mol. The van der Waals surface area contributed by atoms with Crippen LogP contribution in [0, 0.1) is 0 Å². The zero-order chi connectivity index (χ0) is 16.5. The van der Waals surface area contributed by atoms with E-state index in [9.17, 15) is 19.2 Å². The van der Waals surface area contributed by atoms with Crippen LogP contribution in [0.1, 0.15) is 20.7 Å². The van der Waals surface area contributed by atoms with Crippen molar-refractivity contribution in [3.05, 3.63) is 35.4 Å². The first-order valence-electron chi connectivity index (χ1n) is 5.77. The molecular weight excluding hydrogens is 339 g/mol. The van der Waals surface area contributed by atoms with Crippen LogP contribution in [-0.4, -0.2) is 36.8 Å². The number of benzene rings is 1. The fraction of sp³-hybridized carbons (Fsp3) is 0.167. The van der Waals surface area contributed by atoms with Crippen LogP contribution < -0.4 is 10.6 Å². The first-order valence-corrected chi connectivity index (χ1v) is 6.39. The number of hydrogen-bond acceptors (Lipinski definition) is 6. The molecule has 2 amide bonds. The molecule has 10 heteroatoms. The molecule has 22 heavy (non-hydrogen) atoms. The minimum Gasteiger partial charge on any atom is -0.346 e. The van der Waals surface area contributed by atoms with E-state index in [1.165, 1.54) is 24.3 Å². The molecule has 0 aliphatic carbocycles. The van der Waals surface area contributed by atoms with Crippen LogP contribution in [-0.2, 0) is 18.2 Å². The second-order valence-electron chi connectivity index (χ2n) is 3.81. The minimum absolute atomic E-state index is 0.00149. The average molecular weight is 349 g/mol. The average Bonchev–Trinajstić information content (AvgIpc) is 2.56. The Labute approximate surface area is 135 Å². The van der Waals surface area contributed by atoms with Gasteiger partial charge in [0.2, 0.25) is 0 Å². The predicted molar refractivity (Wildman–Crippen MR) is 75.0 cm³/mol. The second-order valence-corrected chi connectivity index (χ2v) is 4.12. The minimum atomic E-state index is -0.859. The van der Waals surface area contributed by atoms with Gasteiger partial charge in [-0.1, -0.05) is 12.1 Å². The highest BCUT2D eigenvalue weighted by atomic mass is 35.5. The number of halogens is 2. The van der Waals surface area contributed by atoms with Gasteiger partial charge in [0.15, 0.2) is 0 Å². The van der Waals surface area contributed by atoms with Crippen LogP contribution in [0.4, 0.5) is 0 Å². The zero-order valence-electron chi connectivity index (χ0n) is 10.9. The Balaban J connectivity index is 2.80. The van der Waals surface area contributed by atoms with Crippen molar-refractivity contribution in [1.29, 1.82) is 0 Å². The second kappa shape index (κ2) is 8.85. The van der Waals surface area contributed by atoms with Crippen LogP contribution in [0.3, 0.4) is 0 Å². The summed E-state index contributed by atoms with van der Waals surface area (Å²) in [5, 5.41) is 4.46. The van der Waals surface area contributed by atoms with Gasteiger partial charge in [0.05, 0.1) is 11.1 Å². The molecular formula is C12H10Cl2N2O6. The molecule has 0 aliphatic rings. The maximum Gasteiger partial charge on any atom is 0.343 e. The van der Waals surface area contributed by atoms with Gasteiger partial charge in [-0.2, -0.15) is 0 Å². The molecule has 1 aromatic carbocycles. The molecule has 0 saturated carbocycles. The molecule has 0 unspecified atom stereocenters. The molecule has 0 atom stereocenters. The Bertz CT molecular complexity index is 542. The van der Waals surface area contributed by atoms with Crippen LogP contribution in [0.25, 0.3) is 0 Å². The summed E-state index contributed by atoms with van der Waals surface area (Å²) in [6.45, 7) is -0.923. The molecule has 0 aromatic heterocycles. The molecule has 0 radical (unpaired) electrons. The SMILES string of the molecule is O=C(CNC(=O)c1ccccc1C(=O)NCC(=O)OCl)OCl. The van der Waals surface area contributed by atoms with Crippen LogP contribution >= 0.6 is 23.7 Å². The van der Waals surface area contributed by atoms with Gasteiger partial charge in [-0.15, -0.1) is 0 Å². The number of carbonyl (C=O) groups is 4. The fourth-order valence-corrected chi connectivity index (χ4v) is 1.54. The van der Waals surface area contributed by atoms with Crippen molar-refractivity contribution in [2.75, 3.05) is 13.1 Å². The predicted octanol–water partition coefficient (Wildman–Crippen LogP) is 0.540. The van der Waals surface area contributed by atoms with Gasteiger partial charge >= 0.3 is 11.9 Å². The van der Waals surface area contributed by atoms with Crippen LogP contribution in [0.2, 0.25) is 0 Å². The summed E-state index contributed by atoms with van der Waals surface area (Å²) in [4.78, 5) is 45.6. The molecule has 1 rings (SSSR count). The third kappa shape index (κ3) is 5.23. The highest BCUT2D eigenvalue weighted by Crippen LogP contribution is 2.08. The van der Waals surface area contributed by atoms with E-state index in [0.29, 0.717) is 0 Å². The number of rotatable bonds is 6. The first kappa shape index (κ1) is 17.7. The zero-order valence-corrected chi connectivity index (χ0v) is 12.4. The lowest BCUT2D eigenvalue weighted by molar-refractivity contribution is -0.133. The van der Waals surface area contributed by atoms with Crippen LogP contribution in [0.15, 0.2) is 24.3 Å². The molecule has 0 fully saturated rings. The van der Waals surface area contributed by atoms with Crippen molar-refractivity contribution in [3.63, 3.8) is 0 Å². The van der Waals surface area contributed by atoms with Crippen molar-refractivity contribution in [2.24, 2.45) is 0 Å². The highest BCUT2D eigenvalue weighted by molar-refractivity contribution is 6.14.